The molecule has 1 aromatic carbocycles. The number of nitriles is 1. The number of anilines is 1. The lowest BCUT2D eigenvalue weighted by molar-refractivity contribution is 0.0992. The van der Waals surface area contributed by atoms with E-state index in [1.165, 1.54) is 17.2 Å². The zero-order chi connectivity index (χ0) is 13.8. The third kappa shape index (κ3) is 2.75. The van der Waals surface area contributed by atoms with Crippen LogP contribution in [0.25, 0.3) is 0 Å². The fourth-order valence-electron chi connectivity index (χ4n) is 1.63. The van der Waals surface area contributed by atoms with Crippen LogP contribution in [0.1, 0.15) is 15.9 Å². The Labute approximate surface area is 109 Å². The van der Waals surface area contributed by atoms with Gasteiger partial charge in [0.05, 0.1) is 11.6 Å². The number of halogens is 1. The Kier molecular flexibility index (Phi) is 3.53. The van der Waals surface area contributed by atoms with E-state index in [1.807, 2.05) is 6.07 Å². The first-order valence-electron chi connectivity index (χ1n) is 5.51. The second kappa shape index (κ2) is 5.27. The Morgan fingerprint density at radius 2 is 2.16 bits per heavy atom. The van der Waals surface area contributed by atoms with Crippen LogP contribution in [0.15, 0.2) is 42.6 Å². The molecule has 0 saturated heterocycles. The molecule has 0 bridgehead atoms. The summed E-state index contributed by atoms with van der Waals surface area (Å²) in [5.41, 5.74) is 1.23. The molecule has 5 heteroatoms. The van der Waals surface area contributed by atoms with Gasteiger partial charge in [0, 0.05) is 30.6 Å². The van der Waals surface area contributed by atoms with Crippen LogP contribution in [0.2, 0.25) is 0 Å². The predicted molar refractivity (Wildman–Crippen MR) is 68.1 cm³/mol. The Morgan fingerprint density at radius 1 is 1.37 bits per heavy atom. The lowest BCUT2D eigenvalue weighted by atomic mass is 10.2. The zero-order valence-electron chi connectivity index (χ0n) is 10.2. The summed E-state index contributed by atoms with van der Waals surface area (Å²) in [4.78, 5) is 16.9. The molecule has 1 heterocycles. The van der Waals surface area contributed by atoms with Gasteiger partial charge in [-0.3, -0.25) is 4.79 Å². The van der Waals surface area contributed by atoms with E-state index in [0.717, 1.165) is 6.07 Å². The van der Waals surface area contributed by atoms with E-state index in [0.29, 0.717) is 11.3 Å². The number of carbonyl (C=O) groups is 1. The molecule has 0 spiro atoms. The van der Waals surface area contributed by atoms with E-state index in [-0.39, 0.29) is 11.5 Å². The minimum atomic E-state index is -0.704. The molecule has 0 atom stereocenters. The van der Waals surface area contributed by atoms with Crippen LogP contribution in [0.4, 0.5) is 10.1 Å². The number of nitrogens with zero attached hydrogens (tertiary/aromatic N) is 3. The lowest BCUT2D eigenvalue weighted by Crippen LogP contribution is -2.26. The van der Waals surface area contributed by atoms with Gasteiger partial charge in [-0.05, 0) is 24.3 Å². The van der Waals surface area contributed by atoms with Crippen molar-refractivity contribution in [2.24, 2.45) is 0 Å². The number of rotatable bonds is 2. The maximum atomic E-state index is 13.0. The summed E-state index contributed by atoms with van der Waals surface area (Å²) in [6.07, 6.45) is 1.24. The molecule has 19 heavy (non-hydrogen) atoms. The SMILES string of the molecule is CN(C(=O)c1ccnc(F)c1)c1cccc(C#N)c1. The van der Waals surface area contributed by atoms with Crippen molar-refractivity contribution in [2.75, 3.05) is 11.9 Å². The molecule has 0 N–H and O–H groups in total. The van der Waals surface area contributed by atoms with Crippen LogP contribution < -0.4 is 4.90 Å². The maximum Gasteiger partial charge on any atom is 0.258 e. The Bertz CT molecular complexity index is 664. The van der Waals surface area contributed by atoms with Crippen molar-refractivity contribution in [1.82, 2.24) is 4.98 Å². The molecule has 0 radical (unpaired) electrons. The van der Waals surface area contributed by atoms with Gasteiger partial charge in [-0.1, -0.05) is 6.07 Å². The summed E-state index contributed by atoms with van der Waals surface area (Å²) in [7, 11) is 1.57. The van der Waals surface area contributed by atoms with Gasteiger partial charge in [0.25, 0.3) is 5.91 Å². The monoisotopic (exact) mass is 255 g/mol. The third-order valence-electron chi connectivity index (χ3n) is 2.64. The van der Waals surface area contributed by atoms with Crippen LogP contribution in [-0.2, 0) is 0 Å². The van der Waals surface area contributed by atoms with Crippen molar-refractivity contribution in [2.45, 2.75) is 0 Å². The molecule has 0 aliphatic carbocycles. The molecule has 2 aromatic rings. The Balaban J connectivity index is 2.31. The molecule has 0 fully saturated rings. The van der Waals surface area contributed by atoms with Gasteiger partial charge in [0.2, 0.25) is 5.95 Å². The topological polar surface area (TPSA) is 57.0 Å². The summed E-state index contributed by atoms with van der Waals surface area (Å²) in [5.74, 6) is -1.07. The van der Waals surface area contributed by atoms with Gasteiger partial charge in [-0.25, -0.2) is 4.98 Å². The largest absolute Gasteiger partial charge is 0.311 e. The summed E-state index contributed by atoms with van der Waals surface area (Å²) in [6.45, 7) is 0. The molecule has 1 amide bonds. The van der Waals surface area contributed by atoms with Crippen molar-refractivity contribution < 1.29 is 9.18 Å². The van der Waals surface area contributed by atoms with E-state index < -0.39 is 5.95 Å². The van der Waals surface area contributed by atoms with E-state index >= 15 is 0 Å². The second-order valence-corrected chi connectivity index (χ2v) is 3.89. The van der Waals surface area contributed by atoms with E-state index in [4.69, 9.17) is 5.26 Å². The lowest BCUT2D eigenvalue weighted by Gasteiger charge is -2.17. The molecular formula is C14H10FN3O. The number of hydrogen-bond acceptors (Lipinski definition) is 3. The number of hydrogen-bond donors (Lipinski definition) is 0. The van der Waals surface area contributed by atoms with Gasteiger partial charge in [-0.15, -0.1) is 0 Å². The van der Waals surface area contributed by atoms with Gasteiger partial charge in [-0.2, -0.15) is 9.65 Å². The van der Waals surface area contributed by atoms with Crippen LogP contribution in [0.5, 0.6) is 0 Å². The first-order chi connectivity index (χ1) is 9.11. The number of benzene rings is 1. The average Bonchev–Trinajstić information content (AvgIpc) is 2.45. The fourth-order valence-corrected chi connectivity index (χ4v) is 1.63. The van der Waals surface area contributed by atoms with Crippen molar-refractivity contribution in [3.05, 3.63) is 59.7 Å². The van der Waals surface area contributed by atoms with Gasteiger partial charge < -0.3 is 4.90 Å². The molecule has 2 rings (SSSR count). The molecule has 1 aromatic heterocycles. The highest BCUT2D eigenvalue weighted by Crippen LogP contribution is 2.17. The number of carbonyl (C=O) groups excluding carboxylic acids is 1. The third-order valence-corrected chi connectivity index (χ3v) is 2.64. The highest BCUT2D eigenvalue weighted by molar-refractivity contribution is 6.05. The molecular weight excluding hydrogens is 245 g/mol. The normalized spacial score (nSPS) is 9.74. The molecule has 0 unspecified atom stereocenters. The fraction of sp³-hybridized carbons (Fsp3) is 0.0714. The molecule has 0 aliphatic rings. The first-order valence-corrected chi connectivity index (χ1v) is 5.51. The van der Waals surface area contributed by atoms with Crippen molar-refractivity contribution >= 4 is 11.6 Å². The average molecular weight is 255 g/mol. The Hall–Kier alpha value is -2.74. The number of amides is 1. The van der Waals surface area contributed by atoms with Crippen molar-refractivity contribution in [3.8, 4) is 6.07 Å². The van der Waals surface area contributed by atoms with Crippen LogP contribution in [0.3, 0.4) is 0 Å². The summed E-state index contributed by atoms with van der Waals surface area (Å²) >= 11 is 0. The van der Waals surface area contributed by atoms with Crippen molar-refractivity contribution in [1.29, 1.82) is 5.26 Å². The van der Waals surface area contributed by atoms with Crippen molar-refractivity contribution in [3.63, 3.8) is 0 Å². The molecule has 0 aliphatic heterocycles. The summed E-state index contributed by atoms with van der Waals surface area (Å²) in [6, 6.07) is 11.1. The maximum absolute atomic E-state index is 13.0. The van der Waals surface area contributed by atoms with Gasteiger partial charge >= 0.3 is 0 Å². The molecule has 4 nitrogen and oxygen atoms in total. The quantitative estimate of drug-likeness (QED) is 0.774. The van der Waals surface area contributed by atoms with Crippen LogP contribution in [-0.4, -0.2) is 17.9 Å². The van der Waals surface area contributed by atoms with E-state index in [1.54, 1.807) is 31.3 Å². The molecule has 94 valence electrons. The Morgan fingerprint density at radius 3 is 2.84 bits per heavy atom. The van der Waals surface area contributed by atoms with Gasteiger partial charge in [0.1, 0.15) is 0 Å². The predicted octanol–water partition coefficient (Wildman–Crippen LogP) is 2.37. The van der Waals surface area contributed by atoms with Gasteiger partial charge in [0.15, 0.2) is 0 Å². The van der Waals surface area contributed by atoms with Crippen LogP contribution >= 0.6 is 0 Å². The second-order valence-electron chi connectivity index (χ2n) is 3.89. The standard InChI is InChI=1S/C14H10FN3O/c1-18(12-4-2-3-10(7-12)9-16)14(19)11-5-6-17-13(15)8-11/h2-8H,1H3. The summed E-state index contributed by atoms with van der Waals surface area (Å²) in [5, 5.41) is 8.82. The minimum absolute atomic E-state index is 0.206. The van der Waals surface area contributed by atoms with Crippen LogP contribution in [0, 0.1) is 17.3 Å². The number of aromatic nitrogens is 1. The highest BCUT2D eigenvalue weighted by atomic mass is 19.1. The smallest absolute Gasteiger partial charge is 0.258 e. The zero-order valence-corrected chi connectivity index (χ0v) is 10.2. The number of pyridine rings is 1. The molecule has 0 saturated carbocycles. The first kappa shape index (κ1) is 12.7. The summed E-state index contributed by atoms with van der Waals surface area (Å²) < 4.78 is 13.0. The van der Waals surface area contributed by atoms with E-state index in [2.05, 4.69) is 4.98 Å². The minimum Gasteiger partial charge on any atom is -0.311 e. The highest BCUT2D eigenvalue weighted by Gasteiger charge is 2.14. The van der Waals surface area contributed by atoms with E-state index in [9.17, 15) is 9.18 Å².